The Balaban J connectivity index is 2.84. The first kappa shape index (κ1) is 9.15. The van der Waals surface area contributed by atoms with Crippen molar-refractivity contribution in [1.29, 1.82) is 0 Å². The molecular formula is C7H10N2O2S. The fourth-order valence-corrected chi connectivity index (χ4v) is 1.53. The Morgan fingerprint density at radius 2 is 2.50 bits per heavy atom. The molecule has 0 radical (unpaired) electrons. The predicted molar refractivity (Wildman–Crippen MR) is 46.5 cm³/mol. The van der Waals surface area contributed by atoms with Crippen molar-refractivity contribution in [2.45, 2.75) is 13.0 Å². The van der Waals surface area contributed by atoms with Crippen LogP contribution in [0.1, 0.15) is 27.6 Å². The largest absolute Gasteiger partial charge is 0.477 e. The van der Waals surface area contributed by atoms with Gasteiger partial charge < -0.3 is 10.4 Å². The van der Waals surface area contributed by atoms with Crippen LogP contribution in [-0.4, -0.2) is 23.1 Å². The standard InChI is InChI=1S/C7H10N2O2S/c1-4(8-2)6-9-3-5(12-6)7(10)11/h3-4,8H,1-2H3,(H,10,11). The predicted octanol–water partition coefficient (Wildman–Crippen LogP) is 1.12. The van der Waals surface area contributed by atoms with Gasteiger partial charge in [0.15, 0.2) is 0 Å². The lowest BCUT2D eigenvalue weighted by molar-refractivity contribution is 0.0702. The maximum atomic E-state index is 10.5. The van der Waals surface area contributed by atoms with Crippen LogP contribution in [0.3, 0.4) is 0 Å². The van der Waals surface area contributed by atoms with E-state index in [1.54, 1.807) is 0 Å². The van der Waals surface area contributed by atoms with E-state index in [0.717, 1.165) is 5.01 Å². The molecule has 2 N–H and O–H groups in total. The number of nitrogens with zero attached hydrogens (tertiary/aromatic N) is 1. The SMILES string of the molecule is CNC(C)c1ncc(C(=O)O)s1. The summed E-state index contributed by atoms with van der Waals surface area (Å²) >= 11 is 1.20. The Kier molecular flexibility index (Phi) is 2.78. The summed E-state index contributed by atoms with van der Waals surface area (Å²) in [6.07, 6.45) is 1.39. The van der Waals surface area contributed by atoms with Gasteiger partial charge in [0, 0.05) is 0 Å². The fraction of sp³-hybridized carbons (Fsp3) is 0.429. The third-order valence-corrected chi connectivity index (χ3v) is 2.71. The quantitative estimate of drug-likeness (QED) is 0.742. The minimum atomic E-state index is -0.915. The van der Waals surface area contributed by atoms with Gasteiger partial charge >= 0.3 is 5.97 Å². The molecule has 66 valence electrons. The number of aromatic nitrogens is 1. The molecule has 0 bridgehead atoms. The zero-order valence-electron chi connectivity index (χ0n) is 6.87. The Hall–Kier alpha value is -0.940. The molecular weight excluding hydrogens is 176 g/mol. The lowest BCUT2D eigenvalue weighted by Gasteiger charge is -2.03. The molecule has 12 heavy (non-hydrogen) atoms. The average molecular weight is 186 g/mol. The third-order valence-electron chi connectivity index (χ3n) is 1.54. The zero-order valence-corrected chi connectivity index (χ0v) is 7.68. The van der Waals surface area contributed by atoms with Crippen LogP contribution in [0.4, 0.5) is 0 Å². The summed E-state index contributed by atoms with van der Waals surface area (Å²) in [6.45, 7) is 1.93. The van der Waals surface area contributed by atoms with Gasteiger partial charge in [-0.05, 0) is 14.0 Å². The second-order valence-corrected chi connectivity index (χ2v) is 3.44. The van der Waals surface area contributed by atoms with Gasteiger partial charge in [0.2, 0.25) is 0 Å². The Bertz CT molecular complexity index is 285. The van der Waals surface area contributed by atoms with E-state index in [1.807, 2.05) is 14.0 Å². The third kappa shape index (κ3) is 1.80. The summed E-state index contributed by atoms with van der Waals surface area (Å²) in [5.41, 5.74) is 0. The van der Waals surface area contributed by atoms with Crippen LogP contribution in [0.2, 0.25) is 0 Å². The summed E-state index contributed by atoms with van der Waals surface area (Å²) in [5.74, 6) is -0.915. The van der Waals surface area contributed by atoms with E-state index in [0.29, 0.717) is 0 Å². The molecule has 5 heteroatoms. The van der Waals surface area contributed by atoms with Crippen molar-refractivity contribution in [2.24, 2.45) is 0 Å². The van der Waals surface area contributed by atoms with Crippen molar-refractivity contribution in [3.05, 3.63) is 16.1 Å². The highest BCUT2D eigenvalue weighted by Crippen LogP contribution is 2.18. The van der Waals surface area contributed by atoms with Crippen LogP contribution in [0.5, 0.6) is 0 Å². The highest BCUT2D eigenvalue weighted by molar-refractivity contribution is 7.13. The molecule has 0 saturated heterocycles. The topological polar surface area (TPSA) is 62.2 Å². The molecule has 0 fully saturated rings. The molecule has 0 aliphatic rings. The second kappa shape index (κ2) is 3.64. The van der Waals surface area contributed by atoms with Crippen molar-refractivity contribution >= 4 is 17.3 Å². The monoisotopic (exact) mass is 186 g/mol. The van der Waals surface area contributed by atoms with Crippen LogP contribution in [0.25, 0.3) is 0 Å². The Morgan fingerprint density at radius 1 is 1.83 bits per heavy atom. The van der Waals surface area contributed by atoms with Gasteiger partial charge in [-0.25, -0.2) is 9.78 Å². The molecule has 1 aromatic heterocycles. The maximum Gasteiger partial charge on any atom is 0.347 e. The number of carboxylic acid groups (broad SMARTS) is 1. The summed E-state index contributed by atoms with van der Waals surface area (Å²) in [6, 6.07) is 0.114. The molecule has 0 amide bonds. The Morgan fingerprint density at radius 3 is 2.92 bits per heavy atom. The van der Waals surface area contributed by atoms with E-state index >= 15 is 0 Å². The van der Waals surface area contributed by atoms with Crippen LogP contribution in [0, 0.1) is 0 Å². The first-order chi connectivity index (χ1) is 5.65. The summed E-state index contributed by atoms with van der Waals surface area (Å²) in [5, 5.41) is 12.4. The summed E-state index contributed by atoms with van der Waals surface area (Å²) < 4.78 is 0. The molecule has 1 rings (SSSR count). The fourth-order valence-electron chi connectivity index (χ4n) is 0.710. The second-order valence-electron chi connectivity index (χ2n) is 2.38. The van der Waals surface area contributed by atoms with E-state index in [4.69, 9.17) is 5.11 Å². The van der Waals surface area contributed by atoms with Crippen molar-refractivity contribution in [3.8, 4) is 0 Å². The first-order valence-electron chi connectivity index (χ1n) is 3.51. The van der Waals surface area contributed by atoms with Crippen LogP contribution >= 0.6 is 11.3 Å². The molecule has 0 aliphatic heterocycles. The lowest BCUT2D eigenvalue weighted by Crippen LogP contribution is -2.11. The average Bonchev–Trinajstić information content (AvgIpc) is 2.51. The van der Waals surface area contributed by atoms with Crippen molar-refractivity contribution < 1.29 is 9.90 Å². The molecule has 0 saturated carbocycles. The minimum absolute atomic E-state index is 0.114. The van der Waals surface area contributed by atoms with Crippen LogP contribution in [-0.2, 0) is 0 Å². The van der Waals surface area contributed by atoms with Gasteiger partial charge in [-0.15, -0.1) is 11.3 Å². The number of rotatable bonds is 3. The molecule has 0 aromatic carbocycles. The maximum absolute atomic E-state index is 10.5. The number of aromatic carboxylic acids is 1. The highest BCUT2D eigenvalue weighted by atomic mass is 32.1. The van der Waals surface area contributed by atoms with Gasteiger partial charge in [0.1, 0.15) is 9.88 Å². The number of hydrogen-bond donors (Lipinski definition) is 2. The summed E-state index contributed by atoms with van der Waals surface area (Å²) in [4.78, 5) is 14.7. The number of nitrogens with one attached hydrogen (secondary N) is 1. The molecule has 4 nitrogen and oxygen atoms in total. The van der Waals surface area contributed by atoms with Crippen molar-refractivity contribution in [3.63, 3.8) is 0 Å². The molecule has 1 atom stereocenters. The highest BCUT2D eigenvalue weighted by Gasteiger charge is 2.11. The molecule has 1 unspecified atom stereocenters. The van der Waals surface area contributed by atoms with Gasteiger partial charge in [-0.3, -0.25) is 0 Å². The van der Waals surface area contributed by atoms with Crippen LogP contribution < -0.4 is 5.32 Å². The van der Waals surface area contributed by atoms with E-state index in [9.17, 15) is 4.79 Å². The molecule has 1 aromatic rings. The lowest BCUT2D eigenvalue weighted by atomic mass is 10.4. The zero-order chi connectivity index (χ0) is 9.14. The molecule has 0 aliphatic carbocycles. The van der Waals surface area contributed by atoms with Crippen molar-refractivity contribution in [2.75, 3.05) is 7.05 Å². The van der Waals surface area contributed by atoms with E-state index in [-0.39, 0.29) is 10.9 Å². The smallest absolute Gasteiger partial charge is 0.347 e. The van der Waals surface area contributed by atoms with Gasteiger partial charge in [0.25, 0.3) is 0 Å². The van der Waals surface area contributed by atoms with Crippen LogP contribution in [0.15, 0.2) is 6.20 Å². The summed E-state index contributed by atoms with van der Waals surface area (Å²) in [7, 11) is 1.81. The number of thiazole rings is 1. The van der Waals surface area contributed by atoms with E-state index in [2.05, 4.69) is 10.3 Å². The number of hydrogen-bond acceptors (Lipinski definition) is 4. The normalized spacial score (nSPS) is 12.8. The van der Waals surface area contributed by atoms with Crippen molar-refractivity contribution in [1.82, 2.24) is 10.3 Å². The molecule has 0 spiro atoms. The Labute approximate surface area is 74.3 Å². The number of carbonyl (C=O) groups is 1. The van der Waals surface area contributed by atoms with E-state index < -0.39 is 5.97 Å². The minimum Gasteiger partial charge on any atom is -0.477 e. The molecule has 1 heterocycles. The van der Waals surface area contributed by atoms with Gasteiger partial charge in [-0.2, -0.15) is 0 Å². The van der Waals surface area contributed by atoms with Gasteiger partial charge in [-0.1, -0.05) is 0 Å². The first-order valence-corrected chi connectivity index (χ1v) is 4.33. The number of carboxylic acids is 1. The van der Waals surface area contributed by atoms with E-state index in [1.165, 1.54) is 17.5 Å². The van der Waals surface area contributed by atoms with Gasteiger partial charge in [0.05, 0.1) is 12.2 Å².